The fraction of sp³-hybridized carbons (Fsp3) is 0.571. The van der Waals surface area contributed by atoms with Gasteiger partial charge in [0.15, 0.2) is 0 Å². The number of benzene rings is 1. The Bertz CT molecular complexity index is 339. The second kappa shape index (κ2) is 8.17. The lowest BCUT2D eigenvalue weighted by atomic mass is 10.2. The molecule has 96 valence electrons. The molecule has 0 aliphatic heterocycles. The van der Waals surface area contributed by atoms with Crippen LogP contribution in [0.25, 0.3) is 0 Å². The molecule has 17 heavy (non-hydrogen) atoms. The molecule has 0 amide bonds. The Hall–Kier alpha value is 0.01000. The van der Waals surface area contributed by atoms with E-state index in [1.165, 1.54) is 27.1 Å². The van der Waals surface area contributed by atoms with E-state index in [1.54, 1.807) is 0 Å². The summed E-state index contributed by atoms with van der Waals surface area (Å²) < 4.78 is 1.22. The fourth-order valence-electron chi connectivity index (χ4n) is 1.43. The van der Waals surface area contributed by atoms with E-state index < -0.39 is 0 Å². The van der Waals surface area contributed by atoms with Gasteiger partial charge in [0.2, 0.25) is 0 Å². The van der Waals surface area contributed by atoms with Crippen molar-refractivity contribution in [1.29, 1.82) is 0 Å². The summed E-state index contributed by atoms with van der Waals surface area (Å²) in [5.41, 5.74) is 1.33. The first-order valence-corrected chi connectivity index (χ1v) is 8.03. The van der Waals surface area contributed by atoms with Crippen LogP contribution in [-0.2, 0) is 6.54 Å². The number of thioether (sulfide) groups is 1. The Morgan fingerprint density at radius 2 is 2.12 bits per heavy atom. The number of nitrogens with one attached hydrogen (secondary N) is 1. The molecule has 0 atom stereocenters. The number of hydrogen-bond acceptors (Lipinski definition) is 2. The minimum Gasteiger partial charge on any atom is -0.313 e. The van der Waals surface area contributed by atoms with E-state index in [0.717, 1.165) is 19.0 Å². The van der Waals surface area contributed by atoms with Crippen molar-refractivity contribution in [2.45, 2.75) is 38.6 Å². The van der Waals surface area contributed by atoms with Crippen molar-refractivity contribution >= 4 is 27.7 Å². The quantitative estimate of drug-likeness (QED) is 0.732. The molecule has 1 aromatic carbocycles. The fourth-order valence-corrected chi connectivity index (χ4v) is 3.29. The molecule has 0 saturated carbocycles. The van der Waals surface area contributed by atoms with Crippen LogP contribution >= 0.6 is 27.7 Å². The molecule has 3 heteroatoms. The molecule has 0 unspecified atom stereocenters. The van der Waals surface area contributed by atoms with Gasteiger partial charge in [-0.05, 0) is 42.3 Å². The molecule has 0 fully saturated rings. The number of rotatable bonds is 7. The lowest BCUT2D eigenvalue weighted by molar-refractivity contribution is 0.632. The largest absolute Gasteiger partial charge is 0.313 e. The lowest BCUT2D eigenvalue weighted by Gasteiger charge is -2.08. The molecule has 0 bridgehead atoms. The Morgan fingerprint density at radius 3 is 2.71 bits per heavy atom. The zero-order chi connectivity index (χ0) is 12.7. The minimum absolute atomic E-state index is 0.791. The van der Waals surface area contributed by atoms with Gasteiger partial charge in [-0.25, -0.2) is 0 Å². The van der Waals surface area contributed by atoms with Crippen molar-refractivity contribution in [1.82, 2.24) is 5.32 Å². The van der Waals surface area contributed by atoms with Crippen LogP contribution in [0, 0.1) is 5.92 Å². The van der Waals surface area contributed by atoms with Gasteiger partial charge in [-0.1, -0.05) is 42.8 Å². The van der Waals surface area contributed by atoms with Gasteiger partial charge < -0.3 is 5.32 Å². The number of hydrogen-bond donors (Lipinski definition) is 1. The Balaban J connectivity index is 2.50. The normalized spacial score (nSPS) is 11.1. The smallest absolute Gasteiger partial charge is 0.0231 e. The van der Waals surface area contributed by atoms with E-state index in [9.17, 15) is 0 Å². The van der Waals surface area contributed by atoms with E-state index in [0.29, 0.717) is 0 Å². The highest BCUT2D eigenvalue weighted by Gasteiger charge is 2.02. The van der Waals surface area contributed by atoms with Crippen LogP contribution in [0.2, 0.25) is 0 Å². The first-order valence-electron chi connectivity index (χ1n) is 6.25. The third-order valence-electron chi connectivity index (χ3n) is 2.55. The molecule has 0 radical (unpaired) electrons. The highest BCUT2D eigenvalue weighted by atomic mass is 79.9. The molecule has 1 nitrogen and oxygen atoms in total. The summed E-state index contributed by atoms with van der Waals surface area (Å²) in [7, 11) is 0. The molecular weight excluding hydrogens is 294 g/mol. The zero-order valence-electron chi connectivity index (χ0n) is 10.9. The van der Waals surface area contributed by atoms with Gasteiger partial charge in [-0.15, -0.1) is 11.8 Å². The maximum Gasteiger partial charge on any atom is 0.0231 e. The molecular formula is C14H22BrNS. The van der Waals surface area contributed by atoms with Gasteiger partial charge in [0.1, 0.15) is 0 Å². The third-order valence-corrected chi connectivity index (χ3v) is 4.32. The van der Waals surface area contributed by atoms with Crippen LogP contribution in [0.3, 0.4) is 0 Å². The van der Waals surface area contributed by atoms with E-state index in [1.807, 2.05) is 11.8 Å². The average molecular weight is 316 g/mol. The summed E-state index contributed by atoms with van der Waals surface area (Å²) >= 11 is 5.59. The summed E-state index contributed by atoms with van der Waals surface area (Å²) in [6.07, 6.45) is 1.28. The van der Waals surface area contributed by atoms with Crippen molar-refractivity contribution in [3.8, 4) is 0 Å². The van der Waals surface area contributed by atoms with Crippen molar-refractivity contribution < 1.29 is 0 Å². The standard InChI is InChI=1S/C14H22BrNS/c1-4-16-10-12-5-6-13(9-14(12)15)17-8-7-11(2)3/h5-6,9,11,16H,4,7-8,10H2,1-3H3. The highest BCUT2D eigenvalue weighted by molar-refractivity contribution is 9.10. The summed E-state index contributed by atoms with van der Waals surface area (Å²) in [4.78, 5) is 1.36. The predicted molar refractivity (Wildman–Crippen MR) is 81.7 cm³/mol. The highest BCUT2D eigenvalue weighted by Crippen LogP contribution is 2.26. The van der Waals surface area contributed by atoms with E-state index in [-0.39, 0.29) is 0 Å². The molecule has 0 aromatic heterocycles. The van der Waals surface area contributed by atoms with Crippen LogP contribution < -0.4 is 5.32 Å². The van der Waals surface area contributed by atoms with Crippen LogP contribution in [0.4, 0.5) is 0 Å². The molecule has 0 spiro atoms. The Labute approximate surface area is 118 Å². The van der Waals surface area contributed by atoms with Crippen LogP contribution in [-0.4, -0.2) is 12.3 Å². The summed E-state index contributed by atoms with van der Waals surface area (Å²) in [5, 5.41) is 3.35. The molecule has 0 saturated heterocycles. The Morgan fingerprint density at radius 1 is 1.35 bits per heavy atom. The number of halogens is 1. The van der Waals surface area contributed by atoms with E-state index in [4.69, 9.17) is 0 Å². The molecule has 1 N–H and O–H groups in total. The molecule has 1 rings (SSSR count). The van der Waals surface area contributed by atoms with Crippen molar-refractivity contribution in [2.24, 2.45) is 5.92 Å². The van der Waals surface area contributed by atoms with E-state index >= 15 is 0 Å². The van der Waals surface area contributed by atoms with Gasteiger partial charge >= 0.3 is 0 Å². The monoisotopic (exact) mass is 315 g/mol. The zero-order valence-corrected chi connectivity index (χ0v) is 13.3. The first kappa shape index (κ1) is 15.1. The molecule has 0 aliphatic carbocycles. The van der Waals surface area contributed by atoms with Gasteiger partial charge in [-0.3, -0.25) is 0 Å². The molecule has 0 aliphatic rings. The summed E-state index contributed by atoms with van der Waals surface area (Å²) in [6, 6.07) is 6.67. The van der Waals surface area contributed by atoms with Crippen LogP contribution in [0.15, 0.2) is 27.6 Å². The van der Waals surface area contributed by atoms with Gasteiger partial charge in [-0.2, -0.15) is 0 Å². The van der Waals surface area contributed by atoms with Gasteiger partial charge in [0.25, 0.3) is 0 Å². The predicted octanol–water partition coefficient (Wildman–Crippen LogP) is 4.70. The van der Waals surface area contributed by atoms with E-state index in [2.05, 4.69) is 60.2 Å². The SMILES string of the molecule is CCNCc1ccc(SCCC(C)C)cc1Br. The molecule has 1 aromatic rings. The second-order valence-electron chi connectivity index (χ2n) is 4.56. The van der Waals surface area contributed by atoms with Crippen molar-refractivity contribution in [3.63, 3.8) is 0 Å². The van der Waals surface area contributed by atoms with Crippen molar-refractivity contribution in [2.75, 3.05) is 12.3 Å². The Kier molecular flexibility index (Phi) is 7.24. The van der Waals surface area contributed by atoms with Gasteiger partial charge in [0.05, 0.1) is 0 Å². The summed E-state index contributed by atoms with van der Waals surface area (Å²) in [5.74, 6) is 2.00. The maximum absolute atomic E-state index is 3.64. The maximum atomic E-state index is 3.64. The van der Waals surface area contributed by atoms with Crippen LogP contribution in [0.1, 0.15) is 32.8 Å². The first-order chi connectivity index (χ1) is 8.13. The topological polar surface area (TPSA) is 12.0 Å². The minimum atomic E-state index is 0.791. The van der Waals surface area contributed by atoms with Crippen LogP contribution in [0.5, 0.6) is 0 Å². The summed E-state index contributed by atoms with van der Waals surface area (Å²) in [6.45, 7) is 8.63. The third kappa shape index (κ3) is 5.94. The second-order valence-corrected chi connectivity index (χ2v) is 6.59. The molecule has 0 heterocycles. The lowest BCUT2D eigenvalue weighted by Crippen LogP contribution is -2.11. The van der Waals surface area contributed by atoms with Gasteiger partial charge in [0, 0.05) is 15.9 Å². The van der Waals surface area contributed by atoms with Crippen molar-refractivity contribution in [3.05, 3.63) is 28.2 Å². The average Bonchev–Trinajstić information content (AvgIpc) is 2.27.